The van der Waals surface area contributed by atoms with E-state index in [1.807, 2.05) is 13.8 Å². The predicted octanol–water partition coefficient (Wildman–Crippen LogP) is 2.15. The zero-order valence-corrected chi connectivity index (χ0v) is 12.2. The topological polar surface area (TPSA) is 55.4 Å². The molecule has 0 aliphatic rings. The van der Waals surface area contributed by atoms with Gasteiger partial charge >= 0.3 is 0 Å². The molecule has 0 saturated heterocycles. The largest absolute Gasteiger partial charge is 0.377 e. The van der Waals surface area contributed by atoms with Crippen LogP contribution in [-0.4, -0.2) is 27.7 Å². The van der Waals surface area contributed by atoms with Crippen molar-refractivity contribution in [3.8, 4) is 0 Å². The van der Waals surface area contributed by atoms with E-state index in [0.717, 1.165) is 4.47 Å². The van der Waals surface area contributed by atoms with Gasteiger partial charge in [-0.15, -0.1) is 0 Å². The van der Waals surface area contributed by atoms with Crippen LogP contribution in [0.1, 0.15) is 13.8 Å². The van der Waals surface area contributed by atoms with Crippen LogP contribution in [0.4, 0.5) is 0 Å². The van der Waals surface area contributed by atoms with Crippen molar-refractivity contribution in [2.24, 2.45) is 0 Å². The summed E-state index contributed by atoms with van der Waals surface area (Å²) in [6.45, 7) is 4.45. The van der Waals surface area contributed by atoms with Crippen LogP contribution in [0, 0.1) is 0 Å². The zero-order valence-electron chi connectivity index (χ0n) is 9.81. The van der Waals surface area contributed by atoms with Crippen molar-refractivity contribution in [3.63, 3.8) is 0 Å². The number of ether oxygens (including phenoxy) is 1. The number of nitrogens with one attached hydrogen (secondary N) is 1. The molecular formula is C11H16BrNO3S. The Kier molecular flexibility index (Phi) is 5.58. The van der Waals surface area contributed by atoms with Gasteiger partial charge in [-0.25, -0.2) is 13.1 Å². The maximum atomic E-state index is 11.8. The Balaban J connectivity index is 2.54. The van der Waals surface area contributed by atoms with Crippen molar-refractivity contribution < 1.29 is 13.2 Å². The third kappa shape index (κ3) is 5.16. The van der Waals surface area contributed by atoms with Crippen molar-refractivity contribution >= 4 is 26.0 Å². The van der Waals surface area contributed by atoms with Crippen molar-refractivity contribution in [2.75, 3.05) is 13.2 Å². The lowest BCUT2D eigenvalue weighted by molar-refractivity contribution is 0.0834. The summed E-state index contributed by atoms with van der Waals surface area (Å²) >= 11 is 3.26. The van der Waals surface area contributed by atoms with Gasteiger partial charge in [0, 0.05) is 11.0 Å². The van der Waals surface area contributed by atoms with E-state index >= 15 is 0 Å². The lowest BCUT2D eigenvalue weighted by Gasteiger charge is -2.09. The summed E-state index contributed by atoms with van der Waals surface area (Å²) < 4.78 is 32.2. The molecule has 0 radical (unpaired) electrons. The molecule has 1 aromatic carbocycles. The minimum Gasteiger partial charge on any atom is -0.377 e. The van der Waals surface area contributed by atoms with Gasteiger partial charge < -0.3 is 4.74 Å². The number of rotatable bonds is 6. The number of hydrogen-bond donors (Lipinski definition) is 1. The first-order chi connectivity index (χ1) is 7.92. The van der Waals surface area contributed by atoms with Crippen LogP contribution in [-0.2, 0) is 14.8 Å². The molecule has 1 rings (SSSR count). The Morgan fingerprint density at radius 1 is 1.29 bits per heavy atom. The molecule has 0 unspecified atom stereocenters. The molecule has 1 aromatic rings. The number of halogens is 1. The van der Waals surface area contributed by atoms with Crippen LogP contribution in [0.25, 0.3) is 0 Å². The van der Waals surface area contributed by atoms with Gasteiger partial charge in [0.2, 0.25) is 10.0 Å². The monoisotopic (exact) mass is 321 g/mol. The second-order valence-corrected chi connectivity index (χ2v) is 6.45. The van der Waals surface area contributed by atoms with Gasteiger partial charge in [-0.3, -0.25) is 0 Å². The Hall–Kier alpha value is -0.430. The van der Waals surface area contributed by atoms with Crippen molar-refractivity contribution in [3.05, 3.63) is 28.7 Å². The highest BCUT2D eigenvalue weighted by atomic mass is 79.9. The van der Waals surface area contributed by atoms with Gasteiger partial charge in [-0.1, -0.05) is 15.9 Å². The van der Waals surface area contributed by atoms with E-state index in [1.165, 1.54) is 0 Å². The lowest BCUT2D eigenvalue weighted by atomic mass is 10.4. The zero-order chi connectivity index (χ0) is 12.9. The van der Waals surface area contributed by atoms with Crippen LogP contribution in [0.15, 0.2) is 33.6 Å². The van der Waals surface area contributed by atoms with Gasteiger partial charge in [-0.05, 0) is 38.1 Å². The molecule has 0 spiro atoms. The Morgan fingerprint density at radius 2 is 1.88 bits per heavy atom. The van der Waals surface area contributed by atoms with Crippen LogP contribution in [0.2, 0.25) is 0 Å². The molecule has 1 N–H and O–H groups in total. The van der Waals surface area contributed by atoms with E-state index in [2.05, 4.69) is 20.7 Å². The minimum absolute atomic E-state index is 0.104. The van der Waals surface area contributed by atoms with E-state index < -0.39 is 10.0 Å². The molecule has 0 aliphatic carbocycles. The molecule has 0 aromatic heterocycles. The van der Waals surface area contributed by atoms with Gasteiger partial charge in [0.05, 0.1) is 17.6 Å². The van der Waals surface area contributed by atoms with Crippen LogP contribution >= 0.6 is 15.9 Å². The molecule has 17 heavy (non-hydrogen) atoms. The van der Waals surface area contributed by atoms with Gasteiger partial charge in [0.15, 0.2) is 0 Å². The maximum absolute atomic E-state index is 11.8. The second kappa shape index (κ2) is 6.49. The molecule has 0 saturated carbocycles. The van der Waals surface area contributed by atoms with Gasteiger partial charge in [0.25, 0.3) is 0 Å². The summed E-state index contributed by atoms with van der Waals surface area (Å²) in [7, 11) is -3.43. The minimum atomic E-state index is -3.43. The van der Waals surface area contributed by atoms with E-state index in [9.17, 15) is 8.42 Å². The third-order valence-electron chi connectivity index (χ3n) is 1.97. The summed E-state index contributed by atoms with van der Waals surface area (Å²) in [5, 5.41) is 0. The number of sulfonamides is 1. The molecule has 6 heteroatoms. The normalized spacial score (nSPS) is 12.0. The smallest absolute Gasteiger partial charge is 0.240 e. The second-order valence-electron chi connectivity index (χ2n) is 3.77. The van der Waals surface area contributed by atoms with Gasteiger partial charge in [0.1, 0.15) is 0 Å². The van der Waals surface area contributed by atoms with Gasteiger partial charge in [-0.2, -0.15) is 0 Å². The summed E-state index contributed by atoms with van der Waals surface area (Å²) in [4.78, 5) is 0.255. The molecule has 0 fully saturated rings. The highest BCUT2D eigenvalue weighted by Crippen LogP contribution is 2.14. The van der Waals surface area contributed by atoms with E-state index in [0.29, 0.717) is 6.61 Å². The molecule has 4 nitrogen and oxygen atoms in total. The summed E-state index contributed by atoms with van der Waals surface area (Å²) in [6, 6.07) is 6.49. The Labute approximate surface area is 111 Å². The number of benzene rings is 1. The van der Waals surface area contributed by atoms with Crippen molar-refractivity contribution in [1.29, 1.82) is 0 Å². The van der Waals surface area contributed by atoms with E-state index in [-0.39, 0.29) is 17.5 Å². The molecule has 0 bridgehead atoms. The first-order valence-corrected chi connectivity index (χ1v) is 7.56. The lowest BCUT2D eigenvalue weighted by Crippen LogP contribution is -2.28. The first-order valence-electron chi connectivity index (χ1n) is 5.28. The number of hydrogen-bond acceptors (Lipinski definition) is 3. The molecule has 0 amide bonds. The maximum Gasteiger partial charge on any atom is 0.240 e. The van der Waals surface area contributed by atoms with Crippen molar-refractivity contribution in [2.45, 2.75) is 24.8 Å². The molecule has 0 aliphatic heterocycles. The standard InChI is InChI=1S/C11H16BrNO3S/c1-9(2)16-8-7-13-17(14,15)11-5-3-10(12)4-6-11/h3-6,9,13H,7-8H2,1-2H3. The Morgan fingerprint density at radius 3 is 2.41 bits per heavy atom. The fraction of sp³-hybridized carbons (Fsp3) is 0.455. The van der Waals surface area contributed by atoms with E-state index in [1.54, 1.807) is 24.3 Å². The summed E-state index contributed by atoms with van der Waals surface area (Å²) in [6.07, 6.45) is 0.104. The predicted molar refractivity (Wildman–Crippen MR) is 70.4 cm³/mol. The highest BCUT2D eigenvalue weighted by Gasteiger charge is 2.12. The van der Waals surface area contributed by atoms with Crippen LogP contribution in [0.5, 0.6) is 0 Å². The fourth-order valence-electron chi connectivity index (χ4n) is 1.17. The third-order valence-corrected chi connectivity index (χ3v) is 3.97. The average molecular weight is 322 g/mol. The Bertz CT molecular complexity index is 442. The summed E-state index contributed by atoms with van der Waals surface area (Å²) in [5.74, 6) is 0. The highest BCUT2D eigenvalue weighted by molar-refractivity contribution is 9.10. The van der Waals surface area contributed by atoms with E-state index in [4.69, 9.17) is 4.74 Å². The summed E-state index contributed by atoms with van der Waals surface area (Å²) in [5.41, 5.74) is 0. The quantitative estimate of drug-likeness (QED) is 0.817. The van der Waals surface area contributed by atoms with Crippen molar-refractivity contribution in [1.82, 2.24) is 4.72 Å². The molecular weight excluding hydrogens is 306 g/mol. The SMILES string of the molecule is CC(C)OCCNS(=O)(=O)c1ccc(Br)cc1. The first kappa shape index (κ1) is 14.6. The van der Waals surface area contributed by atoms with Crippen LogP contribution < -0.4 is 4.72 Å². The average Bonchev–Trinajstić information content (AvgIpc) is 2.25. The van der Waals surface area contributed by atoms with Crippen LogP contribution in [0.3, 0.4) is 0 Å². The molecule has 96 valence electrons. The molecule has 0 atom stereocenters. The molecule has 0 heterocycles. The fourth-order valence-corrected chi connectivity index (χ4v) is 2.45.